The van der Waals surface area contributed by atoms with Gasteiger partial charge in [-0.1, -0.05) is 18.0 Å². The van der Waals surface area contributed by atoms with Gasteiger partial charge in [0.25, 0.3) is 0 Å². The summed E-state index contributed by atoms with van der Waals surface area (Å²) in [6, 6.07) is 4.91. The van der Waals surface area contributed by atoms with Crippen LogP contribution in [-0.2, 0) is 0 Å². The molecule has 0 saturated heterocycles. The van der Waals surface area contributed by atoms with Gasteiger partial charge in [0, 0.05) is 12.2 Å². The van der Waals surface area contributed by atoms with Gasteiger partial charge in [-0.15, -0.1) is 0 Å². The zero-order valence-electron chi connectivity index (χ0n) is 13.6. The van der Waals surface area contributed by atoms with Crippen molar-refractivity contribution in [1.82, 2.24) is 5.32 Å². The van der Waals surface area contributed by atoms with Crippen LogP contribution >= 0.6 is 11.6 Å². The summed E-state index contributed by atoms with van der Waals surface area (Å²) >= 11 is 6.15. The first kappa shape index (κ1) is 17.9. The lowest BCUT2D eigenvalue weighted by atomic mass is 9.87. The van der Waals surface area contributed by atoms with Crippen LogP contribution in [0.1, 0.15) is 39.5 Å². The number of aliphatic hydroxyl groups is 1. The lowest BCUT2D eigenvalue weighted by Gasteiger charge is -2.25. The molecule has 0 spiro atoms. The van der Waals surface area contributed by atoms with E-state index in [1.54, 1.807) is 18.2 Å². The Balaban J connectivity index is 1.81. The number of aliphatic hydroxyl groups excluding tert-OH is 1. The third-order valence-electron chi connectivity index (χ3n) is 3.86. The minimum Gasteiger partial charge on any atom is -0.489 e. The fourth-order valence-corrected chi connectivity index (χ4v) is 3.01. The van der Waals surface area contributed by atoms with Crippen LogP contribution in [0.2, 0.25) is 5.02 Å². The van der Waals surface area contributed by atoms with Crippen LogP contribution < -0.4 is 15.4 Å². The van der Waals surface area contributed by atoms with E-state index in [4.69, 9.17) is 16.3 Å². The van der Waals surface area contributed by atoms with E-state index in [-0.39, 0.29) is 18.2 Å². The molecule has 1 aromatic rings. The molecule has 0 aliphatic heterocycles. The predicted octanol–water partition coefficient (Wildman–Crippen LogP) is 3.80. The van der Waals surface area contributed by atoms with E-state index in [1.165, 1.54) is 0 Å². The summed E-state index contributed by atoms with van der Waals surface area (Å²) in [7, 11) is 0. The molecule has 1 aliphatic carbocycles. The van der Waals surface area contributed by atoms with E-state index in [0.29, 0.717) is 28.9 Å². The van der Waals surface area contributed by atoms with Crippen LogP contribution in [0, 0.1) is 5.92 Å². The second kappa shape index (κ2) is 8.41. The van der Waals surface area contributed by atoms with Crippen molar-refractivity contribution in [2.45, 2.75) is 51.7 Å². The predicted molar refractivity (Wildman–Crippen MR) is 92.2 cm³/mol. The molecule has 2 rings (SSSR count). The van der Waals surface area contributed by atoms with E-state index in [9.17, 15) is 9.90 Å². The molecular weight excluding hydrogens is 316 g/mol. The van der Waals surface area contributed by atoms with Crippen LogP contribution in [0.3, 0.4) is 0 Å². The number of benzene rings is 1. The summed E-state index contributed by atoms with van der Waals surface area (Å²) in [4.78, 5) is 12.0. The monoisotopic (exact) mass is 340 g/mol. The van der Waals surface area contributed by atoms with Gasteiger partial charge < -0.3 is 20.5 Å². The highest BCUT2D eigenvalue weighted by Crippen LogP contribution is 2.28. The highest BCUT2D eigenvalue weighted by molar-refractivity contribution is 6.32. The number of anilines is 1. The summed E-state index contributed by atoms with van der Waals surface area (Å²) in [6.07, 6.45) is 3.50. The zero-order valence-corrected chi connectivity index (χ0v) is 14.4. The molecule has 2 amide bonds. The first-order valence-electron chi connectivity index (χ1n) is 8.13. The maximum absolute atomic E-state index is 12.0. The molecule has 0 heterocycles. The molecule has 1 aromatic carbocycles. The van der Waals surface area contributed by atoms with Gasteiger partial charge in [-0.3, -0.25) is 0 Å². The van der Waals surface area contributed by atoms with Crippen molar-refractivity contribution < 1.29 is 14.6 Å². The van der Waals surface area contributed by atoms with E-state index < -0.39 is 0 Å². The van der Waals surface area contributed by atoms with E-state index in [1.807, 2.05) is 13.8 Å². The zero-order chi connectivity index (χ0) is 16.8. The third-order valence-corrected chi connectivity index (χ3v) is 4.15. The van der Waals surface area contributed by atoms with Gasteiger partial charge in [-0.2, -0.15) is 0 Å². The van der Waals surface area contributed by atoms with Gasteiger partial charge >= 0.3 is 6.03 Å². The molecule has 1 fully saturated rings. The number of nitrogens with one attached hydrogen (secondary N) is 2. The molecule has 6 heteroatoms. The van der Waals surface area contributed by atoms with E-state index >= 15 is 0 Å². The van der Waals surface area contributed by atoms with E-state index in [0.717, 1.165) is 25.7 Å². The summed E-state index contributed by atoms with van der Waals surface area (Å²) in [5.41, 5.74) is 0.618. The Bertz CT molecular complexity index is 537. The molecule has 128 valence electrons. The maximum atomic E-state index is 12.0. The molecule has 0 bridgehead atoms. The lowest BCUT2D eigenvalue weighted by molar-refractivity contribution is 0.101. The van der Waals surface area contributed by atoms with Crippen molar-refractivity contribution in [1.29, 1.82) is 0 Å². The number of urea groups is 1. The number of hydrogen-bond acceptors (Lipinski definition) is 3. The minimum absolute atomic E-state index is 0.0421. The highest BCUT2D eigenvalue weighted by Gasteiger charge is 2.20. The number of ether oxygens (including phenoxy) is 1. The van der Waals surface area contributed by atoms with Crippen molar-refractivity contribution in [3.63, 3.8) is 0 Å². The van der Waals surface area contributed by atoms with Crippen LogP contribution in [0.15, 0.2) is 18.2 Å². The Hall–Kier alpha value is -1.46. The first-order chi connectivity index (χ1) is 10.9. The van der Waals surface area contributed by atoms with Crippen molar-refractivity contribution in [2.24, 2.45) is 5.92 Å². The Morgan fingerprint density at radius 1 is 1.43 bits per heavy atom. The molecule has 2 unspecified atom stereocenters. The summed E-state index contributed by atoms with van der Waals surface area (Å²) in [6.45, 7) is 4.43. The number of carbonyl (C=O) groups is 1. The number of amides is 2. The molecule has 1 saturated carbocycles. The Kier molecular flexibility index (Phi) is 6.54. The van der Waals surface area contributed by atoms with Crippen LogP contribution in [0.5, 0.6) is 5.75 Å². The van der Waals surface area contributed by atoms with Gasteiger partial charge in [0.2, 0.25) is 0 Å². The largest absolute Gasteiger partial charge is 0.489 e. The summed E-state index contributed by atoms with van der Waals surface area (Å²) in [5, 5.41) is 15.7. The van der Waals surface area contributed by atoms with Crippen molar-refractivity contribution in [3.05, 3.63) is 23.2 Å². The Labute approximate surface area is 142 Å². The fourth-order valence-electron chi connectivity index (χ4n) is 2.79. The topological polar surface area (TPSA) is 70.6 Å². The van der Waals surface area contributed by atoms with Crippen molar-refractivity contribution >= 4 is 23.3 Å². The second-order valence-corrected chi connectivity index (χ2v) is 6.74. The SMILES string of the molecule is CC(C)Oc1ccc(NC(=O)NCC2CCCC(O)C2)cc1Cl. The number of halogens is 1. The van der Waals surface area contributed by atoms with Crippen molar-refractivity contribution in [3.8, 4) is 5.75 Å². The standard InChI is InChI=1S/C17H25ClN2O3/c1-11(2)23-16-7-6-13(9-15(16)18)20-17(22)19-10-12-4-3-5-14(21)8-12/h6-7,9,11-12,14,21H,3-5,8,10H2,1-2H3,(H2,19,20,22). The summed E-state index contributed by atoms with van der Waals surface area (Å²) in [5.74, 6) is 0.943. The molecule has 0 aromatic heterocycles. The lowest BCUT2D eigenvalue weighted by Crippen LogP contribution is -2.35. The maximum Gasteiger partial charge on any atom is 0.319 e. The van der Waals surface area contributed by atoms with Gasteiger partial charge in [0.05, 0.1) is 17.2 Å². The average Bonchev–Trinajstić information content (AvgIpc) is 2.48. The number of carbonyl (C=O) groups excluding carboxylic acids is 1. The van der Waals surface area contributed by atoms with Crippen molar-refractivity contribution in [2.75, 3.05) is 11.9 Å². The smallest absolute Gasteiger partial charge is 0.319 e. The van der Waals surface area contributed by atoms with Crippen LogP contribution in [0.4, 0.5) is 10.5 Å². The van der Waals surface area contributed by atoms with Crippen LogP contribution in [-0.4, -0.2) is 29.9 Å². The first-order valence-corrected chi connectivity index (χ1v) is 8.51. The van der Waals surface area contributed by atoms with Gasteiger partial charge in [-0.25, -0.2) is 4.79 Å². The second-order valence-electron chi connectivity index (χ2n) is 6.33. The quantitative estimate of drug-likeness (QED) is 0.763. The fraction of sp³-hybridized carbons (Fsp3) is 0.588. The number of hydrogen-bond donors (Lipinski definition) is 3. The molecule has 0 radical (unpaired) electrons. The molecular formula is C17H25ClN2O3. The highest BCUT2D eigenvalue weighted by atomic mass is 35.5. The average molecular weight is 341 g/mol. The molecule has 1 aliphatic rings. The minimum atomic E-state index is -0.265. The Morgan fingerprint density at radius 2 is 2.22 bits per heavy atom. The number of rotatable bonds is 5. The Morgan fingerprint density at radius 3 is 2.87 bits per heavy atom. The third kappa shape index (κ3) is 5.92. The molecule has 5 nitrogen and oxygen atoms in total. The van der Waals surface area contributed by atoms with Gasteiger partial charge in [0.1, 0.15) is 5.75 Å². The van der Waals surface area contributed by atoms with Crippen LogP contribution in [0.25, 0.3) is 0 Å². The summed E-state index contributed by atoms with van der Waals surface area (Å²) < 4.78 is 5.56. The normalized spacial score (nSPS) is 21.1. The van der Waals surface area contributed by atoms with E-state index in [2.05, 4.69) is 10.6 Å². The molecule has 23 heavy (non-hydrogen) atoms. The van der Waals surface area contributed by atoms with Gasteiger partial charge in [-0.05, 0) is 57.2 Å². The van der Waals surface area contributed by atoms with Gasteiger partial charge in [0.15, 0.2) is 0 Å². The molecule has 2 atom stereocenters. The molecule has 3 N–H and O–H groups in total.